The van der Waals surface area contributed by atoms with Gasteiger partial charge in [-0.15, -0.1) is 0 Å². The largest absolute Gasteiger partial charge is 0.462 e. The summed E-state index contributed by atoms with van der Waals surface area (Å²) in [4.78, 5) is 37.7. The zero-order valence-corrected chi connectivity index (χ0v) is 36.4. The lowest BCUT2D eigenvalue weighted by molar-refractivity contribution is -0.167. The number of unbranched alkanes of at least 4 members (excludes halogenated alkanes) is 17. The van der Waals surface area contributed by atoms with Crippen molar-refractivity contribution in [1.29, 1.82) is 0 Å². The third kappa shape index (κ3) is 42.0. The van der Waals surface area contributed by atoms with Gasteiger partial charge in [0.25, 0.3) is 0 Å². The van der Waals surface area contributed by atoms with Crippen molar-refractivity contribution in [3.8, 4) is 0 Å². The van der Waals surface area contributed by atoms with Gasteiger partial charge in [-0.25, -0.2) is 0 Å². The zero-order chi connectivity index (χ0) is 40.8. The minimum atomic E-state index is -0.793. The van der Waals surface area contributed by atoms with Crippen molar-refractivity contribution in [2.24, 2.45) is 0 Å². The number of hydrogen-bond donors (Lipinski definition) is 0. The van der Waals surface area contributed by atoms with Gasteiger partial charge in [0.1, 0.15) is 13.2 Å². The molecule has 0 aromatic carbocycles. The Kier molecular flexibility index (Phi) is 42.1. The molecule has 0 saturated heterocycles. The molecule has 0 fully saturated rings. The van der Waals surface area contributed by atoms with Gasteiger partial charge in [0, 0.05) is 19.3 Å². The molecule has 6 heteroatoms. The standard InChI is InChI=1S/C50H84O6/c1-4-7-10-13-16-19-22-23-24-25-26-29-31-34-37-40-43-49(52)55-46-47(56-50(53)44-41-38-35-32-28-21-18-15-12-9-6-3)45-54-48(51)42-39-36-33-30-27-20-17-14-11-8-5-2/h7,10,14-19,23-24,26,29,47H,4-6,8-9,11-13,20-22,25,27-28,30-46H2,1-3H3/b10-7-,17-14-,18-15-,19-16-,24-23-,29-26-. The number of allylic oxidation sites excluding steroid dienone is 12. The fourth-order valence-electron chi connectivity index (χ4n) is 5.92. The Balaban J connectivity index is 4.45. The predicted molar refractivity (Wildman–Crippen MR) is 238 cm³/mol. The molecule has 0 bridgehead atoms. The quantitative estimate of drug-likeness (QED) is 0.0267. The van der Waals surface area contributed by atoms with Gasteiger partial charge in [-0.2, -0.15) is 0 Å². The first-order chi connectivity index (χ1) is 27.5. The molecule has 0 aromatic heterocycles. The van der Waals surface area contributed by atoms with Gasteiger partial charge in [0.05, 0.1) is 0 Å². The van der Waals surface area contributed by atoms with Gasteiger partial charge in [0.15, 0.2) is 6.10 Å². The maximum absolute atomic E-state index is 12.7. The molecule has 0 heterocycles. The van der Waals surface area contributed by atoms with Crippen LogP contribution in [0.15, 0.2) is 72.9 Å². The van der Waals surface area contributed by atoms with E-state index in [1.54, 1.807) is 0 Å². The Labute approximate surface area is 344 Å². The molecular weight excluding hydrogens is 697 g/mol. The van der Waals surface area contributed by atoms with Crippen LogP contribution in [0.5, 0.6) is 0 Å². The Morgan fingerprint density at radius 3 is 1.12 bits per heavy atom. The highest BCUT2D eigenvalue weighted by Gasteiger charge is 2.19. The molecule has 0 rings (SSSR count). The Hall–Kier alpha value is -3.15. The summed E-state index contributed by atoms with van der Waals surface area (Å²) in [6.07, 6.45) is 54.5. The monoisotopic (exact) mass is 781 g/mol. The van der Waals surface area contributed by atoms with Crippen LogP contribution in [0.2, 0.25) is 0 Å². The summed E-state index contributed by atoms with van der Waals surface area (Å²) in [7, 11) is 0. The molecule has 6 nitrogen and oxygen atoms in total. The van der Waals surface area contributed by atoms with Crippen LogP contribution < -0.4 is 0 Å². The van der Waals surface area contributed by atoms with Crippen LogP contribution in [0.3, 0.4) is 0 Å². The first-order valence-corrected chi connectivity index (χ1v) is 22.9. The van der Waals surface area contributed by atoms with Crippen LogP contribution in [0.4, 0.5) is 0 Å². The van der Waals surface area contributed by atoms with Crippen molar-refractivity contribution in [3.63, 3.8) is 0 Å². The van der Waals surface area contributed by atoms with Crippen molar-refractivity contribution in [2.75, 3.05) is 13.2 Å². The number of carbonyl (C=O) groups excluding carboxylic acids is 3. The topological polar surface area (TPSA) is 78.9 Å². The van der Waals surface area contributed by atoms with Gasteiger partial charge in [0.2, 0.25) is 0 Å². The number of ether oxygens (including phenoxy) is 3. The van der Waals surface area contributed by atoms with Gasteiger partial charge < -0.3 is 14.2 Å². The van der Waals surface area contributed by atoms with E-state index in [0.29, 0.717) is 19.3 Å². The van der Waals surface area contributed by atoms with E-state index in [1.807, 2.05) is 0 Å². The number of esters is 3. The lowest BCUT2D eigenvalue weighted by Crippen LogP contribution is -2.30. The van der Waals surface area contributed by atoms with Crippen LogP contribution in [-0.2, 0) is 28.6 Å². The second kappa shape index (κ2) is 44.6. The van der Waals surface area contributed by atoms with E-state index in [9.17, 15) is 14.4 Å². The molecule has 0 N–H and O–H groups in total. The van der Waals surface area contributed by atoms with Crippen molar-refractivity contribution < 1.29 is 28.6 Å². The molecule has 1 atom stereocenters. The van der Waals surface area contributed by atoms with E-state index in [1.165, 1.54) is 51.4 Å². The fourth-order valence-corrected chi connectivity index (χ4v) is 5.92. The first kappa shape index (κ1) is 52.9. The van der Waals surface area contributed by atoms with Gasteiger partial charge in [-0.3, -0.25) is 14.4 Å². The molecule has 0 aliphatic rings. The summed E-state index contributed by atoms with van der Waals surface area (Å²) in [6, 6.07) is 0. The summed E-state index contributed by atoms with van der Waals surface area (Å²) in [5, 5.41) is 0. The van der Waals surface area contributed by atoms with Crippen LogP contribution in [0.1, 0.15) is 207 Å². The molecule has 0 aliphatic carbocycles. The van der Waals surface area contributed by atoms with E-state index >= 15 is 0 Å². The maximum Gasteiger partial charge on any atom is 0.306 e. The van der Waals surface area contributed by atoms with Crippen molar-refractivity contribution in [2.45, 2.75) is 213 Å². The van der Waals surface area contributed by atoms with Crippen molar-refractivity contribution >= 4 is 17.9 Å². The summed E-state index contributed by atoms with van der Waals surface area (Å²) in [6.45, 7) is 6.38. The van der Waals surface area contributed by atoms with Crippen LogP contribution >= 0.6 is 0 Å². The summed E-state index contributed by atoms with van der Waals surface area (Å²) < 4.78 is 16.7. The molecule has 0 saturated carbocycles. The lowest BCUT2D eigenvalue weighted by Gasteiger charge is -2.18. The van der Waals surface area contributed by atoms with Crippen LogP contribution in [0, 0.1) is 0 Å². The second-order valence-corrected chi connectivity index (χ2v) is 14.9. The van der Waals surface area contributed by atoms with E-state index in [2.05, 4.69) is 93.7 Å². The number of hydrogen-bond acceptors (Lipinski definition) is 6. The van der Waals surface area contributed by atoms with E-state index < -0.39 is 6.10 Å². The molecule has 0 aliphatic heterocycles. The van der Waals surface area contributed by atoms with E-state index in [-0.39, 0.29) is 31.1 Å². The first-order valence-electron chi connectivity index (χ1n) is 22.9. The third-order valence-electron chi connectivity index (χ3n) is 9.41. The Morgan fingerprint density at radius 2 is 0.696 bits per heavy atom. The molecular formula is C50H84O6. The average Bonchev–Trinajstić information content (AvgIpc) is 3.19. The predicted octanol–water partition coefficient (Wildman–Crippen LogP) is 14.7. The molecule has 320 valence electrons. The highest BCUT2D eigenvalue weighted by atomic mass is 16.6. The van der Waals surface area contributed by atoms with E-state index in [0.717, 1.165) is 116 Å². The minimum Gasteiger partial charge on any atom is -0.462 e. The maximum atomic E-state index is 12.7. The Morgan fingerprint density at radius 1 is 0.375 bits per heavy atom. The second-order valence-electron chi connectivity index (χ2n) is 14.9. The molecule has 0 aromatic rings. The van der Waals surface area contributed by atoms with Crippen LogP contribution in [0.25, 0.3) is 0 Å². The summed E-state index contributed by atoms with van der Waals surface area (Å²) in [5.74, 6) is -0.952. The number of rotatable bonds is 40. The zero-order valence-electron chi connectivity index (χ0n) is 36.4. The highest BCUT2D eigenvalue weighted by molar-refractivity contribution is 5.71. The SMILES string of the molecule is CC/C=C\C/C=C\C/C=C\C/C=C\CCCCCC(=O)OCC(COC(=O)CCCCCCC/C=C\CCCC)OC(=O)CCCCCCC/C=C\CCCC. The molecule has 56 heavy (non-hydrogen) atoms. The molecule has 1 unspecified atom stereocenters. The summed E-state index contributed by atoms with van der Waals surface area (Å²) >= 11 is 0. The molecule has 0 spiro atoms. The van der Waals surface area contributed by atoms with Crippen molar-refractivity contribution in [3.05, 3.63) is 72.9 Å². The van der Waals surface area contributed by atoms with Crippen LogP contribution in [-0.4, -0.2) is 37.2 Å². The van der Waals surface area contributed by atoms with Gasteiger partial charge >= 0.3 is 17.9 Å². The van der Waals surface area contributed by atoms with Gasteiger partial charge in [-0.05, 0) is 96.3 Å². The lowest BCUT2D eigenvalue weighted by atomic mass is 10.1. The fraction of sp³-hybridized carbons (Fsp3) is 0.700. The van der Waals surface area contributed by atoms with Crippen molar-refractivity contribution in [1.82, 2.24) is 0 Å². The van der Waals surface area contributed by atoms with Gasteiger partial charge in [-0.1, -0.05) is 164 Å². The minimum absolute atomic E-state index is 0.0944. The summed E-state index contributed by atoms with van der Waals surface area (Å²) in [5.41, 5.74) is 0. The molecule has 0 amide bonds. The smallest absolute Gasteiger partial charge is 0.306 e. The normalized spacial score (nSPS) is 12.7. The highest BCUT2D eigenvalue weighted by Crippen LogP contribution is 2.12. The number of carbonyl (C=O) groups is 3. The molecule has 0 radical (unpaired) electrons. The van der Waals surface area contributed by atoms with E-state index in [4.69, 9.17) is 14.2 Å². The average molecular weight is 781 g/mol. The third-order valence-corrected chi connectivity index (χ3v) is 9.41. The Bertz CT molecular complexity index is 1080.